The summed E-state index contributed by atoms with van der Waals surface area (Å²) < 4.78 is 27.9. The molecule has 0 spiro atoms. The number of hydrogen-bond acceptors (Lipinski definition) is 5. The van der Waals surface area contributed by atoms with E-state index in [2.05, 4.69) is 0 Å². The third-order valence-electron chi connectivity index (χ3n) is 3.63. The predicted molar refractivity (Wildman–Crippen MR) is 102 cm³/mol. The number of ether oxygens (including phenoxy) is 1. The maximum atomic E-state index is 12.5. The SMILES string of the molecule is CC(C)N(C(=O)COC(=O)c1cc(S(N)(=O)=O)ccc1Cl)c1ccccc1. The van der Waals surface area contributed by atoms with Crippen LogP contribution in [0.15, 0.2) is 53.4 Å². The average Bonchev–Trinajstić information content (AvgIpc) is 2.59. The lowest BCUT2D eigenvalue weighted by molar-refractivity contribution is -0.122. The Bertz CT molecular complexity index is 945. The fraction of sp³-hybridized carbons (Fsp3) is 0.222. The highest BCUT2D eigenvalue weighted by Gasteiger charge is 2.22. The van der Waals surface area contributed by atoms with Crippen LogP contribution in [0.5, 0.6) is 0 Å². The first-order chi connectivity index (χ1) is 12.6. The van der Waals surface area contributed by atoms with Crippen molar-refractivity contribution in [2.24, 2.45) is 5.14 Å². The standard InChI is InChI=1S/C18H19ClN2O5S/c1-12(2)21(13-6-4-3-5-7-13)17(22)11-26-18(23)15-10-14(27(20,24)25)8-9-16(15)19/h3-10,12H,11H2,1-2H3,(H2,20,24,25). The number of halogens is 1. The maximum Gasteiger partial charge on any atom is 0.340 e. The maximum absolute atomic E-state index is 12.5. The number of hydrogen-bond donors (Lipinski definition) is 1. The van der Waals surface area contributed by atoms with Crippen LogP contribution in [0.4, 0.5) is 5.69 Å². The lowest BCUT2D eigenvalue weighted by Gasteiger charge is -2.26. The molecule has 9 heteroatoms. The number of esters is 1. The second kappa shape index (κ2) is 8.51. The molecule has 2 aromatic carbocycles. The molecular weight excluding hydrogens is 392 g/mol. The van der Waals surface area contributed by atoms with Gasteiger partial charge < -0.3 is 9.64 Å². The van der Waals surface area contributed by atoms with Crippen molar-refractivity contribution in [3.8, 4) is 0 Å². The minimum Gasteiger partial charge on any atom is -0.452 e. The molecule has 0 aromatic heterocycles. The van der Waals surface area contributed by atoms with Gasteiger partial charge in [-0.2, -0.15) is 0 Å². The number of anilines is 1. The Kier molecular flexibility index (Phi) is 6.59. The summed E-state index contributed by atoms with van der Waals surface area (Å²) in [6, 6.07) is 12.2. The van der Waals surface area contributed by atoms with Crippen LogP contribution in [0.2, 0.25) is 5.02 Å². The molecule has 0 aliphatic carbocycles. The highest BCUT2D eigenvalue weighted by Crippen LogP contribution is 2.21. The quantitative estimate of drug-likeness (QED) is 0.736. The number of nitrogens with two attached hydrogens (primary N) is 1. The molecule has 0 radical (unpaired) electrons. The molecule has 27 heavy (non-hydrogen) atoms. The van der Waals surface area contributed by atoms with Crippen molar-refractivity contribution in [2.45, 2.75) is 24.8 Å². The van der Waals surface area contributed by atoms with Crippen molar-refractivity contribution in [1.29, 1.82) is 0 Å². The van der Waals surface area contributed by atoms with Gasteiger partial charge in [0.2, 0.25) is 10.0 Å². The van der Waals surface area contributed by atoms with Gasteiger partial charge in [-0.15, -0.1) is 0 Å². The molecule has 2 rings (SSSR count). The topological polar surface area (TPSA) is 107 Å². The third-order valence-corrected chi connectivity index (χ3v) is 4.87. The summed E-state index contributed by atoms with van der Waals surface area (Å²) in [4.78, 5) is 26.0. The molecule has 0 bridgehead atoms. The molecule has 0 aliphatic rings. The minimum absolute atomic E-state index is 0.0105. The van der Waals surface area contributed by atoms with Crippen LogP contribution in [0.3, 0.4) is 0 Å². The van der Waals surface area contributed by atoms with E-state index in [4.69, 9.17) is 21.5 Å². The van der Waals surface area contributed by atoms with Gasteiger partial charge in [-0.05, 0) is 44.2 Å². The molecular formula is C18H19ClN2O5S. The zero-order chi connectivity index (χ0) is 20.2. The van der Waals surface area contributed by atoms with Crippen LogP contribution in [-0.4, -0.2) is 32.9 Å². The molecule has 0 saturated heterocycles. The lowest BCUT2D eigenvalue weighted by atomic mass is 10.2. The second-order valence-corrected chi connectivity index (χ2v) is 7.92. The molecule has 2 aromatic rings. The highest BCUT2D eigenvalue weighted by atomic mass is 35.5. The Hall–Kier alpha value is -2.42. The second-order valence-electron chi connectivity index (χ2n) is 5.96. The van der Waals surface area contributed by atoms with Crippen molar-refractivity contribution < 1.29 is 22.7 Å². The fourth-order valence-electron chi connectivity index (χ4n) is 2.43. The number of rotatable bonds is 6. The number of benzene rings is 2. The number of primary sulfonamides is 1. The van der Waals surface area contributed by atoms with Gasteiger partial charge in [-0.3, -0.25) is 4.79 Å². The Morgan fingerprint density at radius 3 is 2.33 bits per heavy atom. The van der Waals surface area contributed by atoms with E-state index in [1.54, 1.807) is 24.3 Å². The van der Waals surface area contributed by atoms with Crippen molar-refractivity contribution in [2.75, 3.05) is 11.5 Å². The first-order valence-electron chi connectivity index (χ1n) is 7.98. The van der Waals surface area contributed by atoms with Gasteiger partial charge >= 0.3 is 5.97 Å². The first-order valence-corrected chi connectivity index (χ1v) is 9.90. The van der Waals surface area contributed by atoms with Gasteiger partial charge in [-0.1, -0.05) is 29.8 Å². The zero-order valence-corrected chi connectivity index (χ0v) is 16.3. The first kappa shape index (κ1) is 20.9. The molecule has 0 saturated carbocycles. The summed E-state index contributed by atoms with van der Waals surface area (Å²) in [5.74, 6) is -1.35. The summed E-state index contributed by atoms with van der Waals surface area (Å²) in [5, 5.41) is 5.04. The minimum atomic E-state index is -4.01. The van der Waals surface area contributed by atoms with E-state index in [-0.39, 0.29) is 21.5 Å². The van der Waals surface area contributed by atoms with E-state index in [1.165, 1.54) is 17.0 Å². The summed E-state index contributed by atoms with van der Waals surface area (Å²) in [5.41, 5.74) is 0.481. The molecule has 1 amide bonds. The van der Waals surface area contributed by atoms with E-state index < -0.39 is 28.5 Å². The van der Waals surface area contributed by atoms with Gasteiger partial charge in [-0.25, -0.2) is 18.4 Å². The summed E-state index contributed by atoms with van der Waals surface area (Å²) >= 11 is 5.93. The summed E-state index contributed by atoms with van der Waals surface area (Å²) in [6.45, 7) is 3.14. The van der Waals surface area contributed by atoms with Crippen LogP contribution >= 0.6 is 11.6 Å². The summed E-state index contributed by atoms with van der Waals surface area (Å²) in [6.07, 6.45) is 0. The third kappa shape index (κ3) is 5.29. The van der Waals surface area contributed by atoms with Crippen LogP contribution in [0, 0.1) is 0 Å². The normalized spacial score (nSPS) is 11.3. The Balaban J connectivity index is 2.16. The number of para-hydroxylation sites is 1. The molecule has 2 N–H and O–H groups in total. The van der Waals surface area contributed by atoms with E-state index in [9.17, 15) is 18.0 Å². The van der Waals surface area contributed by atoms with Crippen LogP contribution in [0.1, 0.15) is 24.2 Å². The number of carbonyl (C=O) groups is 2. The van der Waals surface area contributed by atoms with Gasteiger partial charge in [0.15, 0.2) is 6.61 Å². The van der Waals surface area contributed by atoms with Crippen molar-refractivity contribution in [3.63, 3.8) is 0 Å². The van der Waals surface area contributed by atoms with E-state index >= 15 is 0 Å². The highest BCUT2D eigenvalue weighted by molar-refractivity contribution is 7.89. The molecule has 144 valence electrons. The number of amides is 1. The average molecular weight is 411 g/mol. The lowest BCUT2D eigenvalue weighted by Crippen LogP contribution is -2.39. The van der Waals surface area contributed by atoms with Crippen LogP contribution < -0.4 is 10.0 Å². The van der Waals surface area contributed by atoms with Gasteiger partial charge in [0.1, 0.15) is 0 Å². The Morgan fingerprint density at radius 2 is 1.78 bits per heavy atom. The molecule has 0 fully saturated rings. The van der Waals surface area contributed by atoms with Gasteiger partial charge in [0, 0.05) is 11.7 Å². The Morgan fingerprint density at radius 1 is 1.15 bits per heavy atom. The number of sulfonamides is 1. The van der Waals surface area contributed by atoms with Crippen molar-refractivity contribution >= 4 is 39.2 Å². The molecule has 0 atom stereocenters. The van der Waals surface area contributed by atoms with Crippen molar-refractivity contribution in [1.82, 2.24) is 0 Å². The number of carbonyl (C=O) groups excluding carboxylic acids is 2. The van der Waals surface area contributed by atoms with Gasteiger partial charge in [0.25, 0.3) is 5.91 Å². The van der Waals surface area contributed by atoms with Gasteiger partial charge in [0.05, 0.1) is 15.5 Å². The molecule has 7 nitrogen and oxygen atoms in total. The monoisotopic (exact) mass is 410 g/mol. The largest absolute Gasteiger partial charge is 0.452 e. The van der Waals surface area contributed by atoms with E-state index in [0.29, 0.717) is 5.69 Å². The van der Waals surface area contributed by atoms with E-state index in [1.807, 2.05) is 19.9 Å². The Labute approximate surface area is 162 Å². The predicted octanol–water partition coefficient (Wildman–Crippen LogP) is 2.59. The molecule has 0 aliphatic heterocycles. The van der Waals surface area contributed by atoms with E-state index in [0.717, 1.165) is 6.07 Å². The van der Waals surface area contributed by atoms with Crippen LogP contribution in [0.25, 0.3) is 0 Å². The zero-order valence-electron chi connectivity index (χ0n) is 14.8. The number of nitrogens with zero attached hydrogens (tertiary/aromatic N) is 1. The summed E-state index contributed by atoms with van der Waals surface area (Å²) in [7, 11) is -4.01. The smallest absolute Gasteiger partial charge is 0.340 e. The van der Waals surface area contributed by atoms with Crippen LogP contribution in [-0.2, 0) is 19.6 Å². The molecule has 0 unspecified atom stereocenters. The molecule has 0 heterocycles. The fourth-order valence-corrected chi connectivity index (χ4v) is 3.17. The van der Waals surface area contributed by atoms with Crippen molar-refractivity contribution in [3.05, 3.63) is 59.1 Å².